The summed E-state index contributed by atoms with van der Waals surface area (Å²) in [7, 11) is 0. The SMILES string of the molecule is CC(C)(C)OC(=O)c1[nH]cc(C=O)c1-c1ccccc1. The Morgan fingerprint density at radius 1 is 1.20 bits per heavy atom. The first-order chi connectivity index (χ1) is 9.42. The van der Waals surface area contributed by atoms with Crippen molar-refractivity contribution in [2.75, 3.05) is 0 Å². The number of carbonyl (C=O) groups excluding carboxylic acids is 2. The van der Waals surface area contributed by atoms with Crippen LogP contribution in [0.1, 0.15) is 41.6 Å². The number of rotatable bonds is 3. The van der Waals surface area contributed by atoms with Gasteiger partial charge in [0, 0.05) is 17.3 Å². The fraction of sp³-hybridized carbons (Fsp3) is 0.250. The molecular weight excluding hydrogens is 254 g/mol. The van der Waals surface area contributed by atoms with E-state index in [0.717, 1.165) is 11.8 Å². The molecule has 0 saturated heterocycles. The smallest absolute Gasteiger partial charge is 0.355 e. The highest BCUT2D eigenvalue weighted by Crippen LogP contribution is 2.28. The van der Waals surface area contributed by atoms with Crippen molar-refractivity contribution in [3.8, 4) is 11.1 Å². The third-order valence-corrected chi connectivity index (χ3v) is 2.70. The van der Waals surface area contributed by atoms with Crippen molar-refractivity contribution in [3.63, 3.8) is 0 Å². The van der Waals surface area contributed by atoms with Gasteiger partial charge >= 0.3 is 5.97 Å². The van der Waals surface area contributed by atoms with Crippen LogP contribution >= 0.6 is 0 Å². The van der Waals surface area contributed by atoms with Crippen LogP contribution < -0.4 is 0 Å². The Morgan fingerprint density at radius 3 is 2.40 bits per heavy atom. The van der Waals surface area contributed by atoms with Gasteiger partial charge in [-0.15, -0.1) is 0 Å². The average molecular weight is 271 g/mol. The lowest BCUT2D eigenvalue weighted by Gasteiger charge is -2.19. The molecule has 2 rings (SSSR count). The van der Waals surface area contributed by atoms with Gasteiger partial charge in [0.05, 0.1) is 0 Å². The number of aromatic amines is 1. The van der Waals surface area contributed by atoms with E-state index in [1.54, 1.807) is 20.8 Å². The molecule has 1 N–H and O–H groups in total. The second kappa shape index (κ2) is 5.33. The van der Waals surface area contributed by atoms with Crippen LogP contribution in [0.3, 0.4) is 0 Å². The summed E-state index contributed by atoms with van der Waals surface area (Å²) in [5, 5.41) is 0. The summed E-state index contributed by atoms with van der Waals surface area (Å²) in [6.07, 6.45) is 2.25. The normalized spacial score (nSPS) is 11.2. The van der Waals surface area contributed by atoms with Crippen LogP contribution in [0.25, 0.3) is 11.1 Å². The van der Waals surface area contributed by atoms with E-state index in [4.69, 9.17) is 4.74 Å². The predicted octanol–water partition coefficient (Wildman–Crippen LogP) is 3.45. The number of ether oxygens (including phenoxy) is 1. The van der Waals surface area contributed by atoms with Crippen LogP contribution in [-0.4, -0.2) is 22.8 Å². The summed E-state index contributed by atoms with van der Waals surface area (Å²) in [6.45, 7) is 5.41. The number of H-pyrrole nitrogens is 1. The molecular formula is C16H17NO3. The van der Waals surface area contributed by atoms with Crippen LogP contribution in [0.2, 0.25) is 0 Å². The molecule has 1 aromatic carbocycles. The van der Waals surface area contributed by atoms with E-state index in [1.165, 1.54) is 6.20 Å². The molecule has 4 nitrogen and oxygen atoms in total. The van der Waals surface area contributed by atoms with Crippen LogP contribution in [0.15, 0.2) is 36.5 Å². The van der Waals surface area contributed by atoms with E-state index in [1.807, 2.05) is 30.3 Å². The monoisotopic (exact) mass is 271 g/mol. The maximum Gasteiger partial charge on any atom is 0.355 e. The van der Waals surface area contributed by atoms with Gasteiger partial charge in [0.2, 0.25) is 0 Å². The molecule has 4 heteroatoms. The number of hydrogen-bond donors (Lipinski definition) is 1. The molecule has 1 aromatic heterocycles. The molecule has 2 aromatic rings. The maximum absolute atomic E-state index is 12.2. The largest absolute Gasteiger partial charge is 0.455 e. The van der Waals surface area contributed by atoms with E-state index in [9.17, 15) is 9.59 Å². The molecule has 20 heavy (non-hydrogen) atoms. The molecule has 0 bridgehead atoms. The maximum atomic E-state index is 12.2. The van der Waals surface area contributed by atoms with E-state index in [0.29, 0.717) is 16.8 Å². The molecule has 0 atom stereocenters. The lowest BCUT2D eigenvalue weighted by molar-refractivity contribution is 0.00645. The molecule has 1 heterocycles. The summed E-state index contributed by atoms with van der Waals surface area (Å²) in [4.78, 5) is 26.2. The van der Waals surface area contributed by atoms with E-state index in [-0.39, 0.29) is 0 Å². The van der Waals surface area contributed by atoms with Crippen LogP contribution in [0.5, 0.6) is 0 Å². The zero-order valence-electron chi connectivity index (χ0n) is 11.8. The van der Waals surface area contributed by atoms with Crippen molar-refractivity contribution in [3.05, 3.63) is 47.8 Å². The van der Waals surface area contributed by atoms with Gasteiger partial charge < -0.3 is 9.72 Å². The molecule has 0 aliphatic carbocycles. The van der Waals surface area contributed by atoms with Gasteiger partial charge in [-0.25, -0.2) is 4.79 Å². The molecule has 0 spiro atoms. The number of hydrogen-bond acceptors (Lipinski definition) is 3. The summed E-state index contributed by atoms with van der Waals surface area (Å²) in [6, 6.07) is 9.30. The number of benzene rings is 1. The van der Waals surface area contributed by atoms with Crippen molar-refractivity contribution >= 4 is 12.3 Å². The Kier molecular flexibility index (Phi) is 3.74. The first-order valence-corrected chi connectivity index (χ1v) is 6.37. The molecule has 0 amide bonds. The number of esters is 1. The first-order valence-electron chi connectivity index (χ1n) is 6.37. The minimum absolute atomic E-state index is 0.299. The van der Waals surface area contributed by atoms with Crippen molar-refractivity contribution in [2.45, 2.75) is 26.4 Å². The summed E-state index contributed by atoms with van der Waals surface area (Å²) < 4.78 is 5.36. The zero-order valence-corrected chi connectivity index (χ0v) is 11.8. The highest BCUT2D eigenvalue weighted by Gasteiger charge is 2.24. The number of nitrogens with one attached hydrogen (secondary N) is 1. The highest BCUT2D eigenvalue weighted by atomic mass is 16.6. The van der Waals surface area contributed by atoms with Crippen LogP contribution in [-0.2, 0) is 4.74 Å². The summed E-state index contributed by atoms with van der Waals surface area (Å²) >= 11 is 0. The third-order valence-electron chi connectivity index (χ3n) is 2.70. The lowest BCUT2D eigenvalue weighted by Crippen LogP contribution is -2.24. The van der Waals surface area contributed by atoms with Gasteiger partial charge in [-0.1, -0.05) is 30.3 Å². The Labute approximate surface area is 117 Å². The van der Waals surface area contributed by atoms with E-state index < -0.39 is 11.6 Å². The minimum Gasteiger partial charge on any atom is -0.455 e. The fourth-order valence-corrected chi connectivity index (χ4v) is 1.94. The number of carbonyl (C=O) groups is 2. The number of aromatic nitrogens is 1. The summed E-state index contributed by atoms with van der Waals surface area (Å²) in [5.41, 5.74) is 1.54. The average Bonchev–Trinajstić information content (AvgIpc) is 2.81. The first kappa shape index (κ1) is 14.1. The Hall–Kier alpha value is -2.36. The zero-order chi connectivity index (χ0) is 14.8. The van der Waals surface area contributed by atoms with Gasteiger partial charge in [-0.3, -0.25) is 4.79 Å². The molecule has 0 saturated carbocycles. The van der Waals surface area contributed by atoms with Gasteiger partial charge in [0.25, 0.3) is 0 Å². The molecule has 104 valence electrons. The number of aldehydes is 1. The fourth-order valence-electron chi connectivity index (χ4n) is 1.94. The second-order valence-electron chi connectivity index (χ2n) is 5.48. The van der Waals surface area contributed by atoms with Crippen LogP contribution in [0.4, 0.5) is 0 Å². The van der Waals surface area contributed by atoms with Gasteiger partial charge in [-0.05, 0) is 26.3 Å². The van der Waals surface area contributed by atoms with Crippen molar-refractivity contribution < 1.29 is 14.3 Å². The quantitative estimate of drug-likeness (QED) is 0.687. The van der Waals surface area contributed by atoms with Crippen molar-refractivity contribution in [2.24, 2.45) is 0 Å². The third kappa shape index (κ3) is 2.96. The van der Waals surface area contributed by atoms with E-state index in [2.05, 4.69) is 4.98 Å². The Morgan fingerprint density at radius 2 is 1.85 bits per heavy atom. The van der Waals surface area contributed by atoms with Gasteiger partial charge in [-0.2, -0.15) is 0 Å². The standard InChI is InChI=1S/C16H17NO3/c1-16(2,3)20-15(19)14-13(12(10-18)9-17-14)11-7-5-4-6-8-11/h4-10,17H,1-3H3. The molecule has 0 aliphatic heterocycles. The lowest BCUT2D eigenvalue weighted by atomic mass is 10.0. The Bertz CT molecular complexity index is 621. The Balaban J connectivity index is 2.48. The van der Waals surface area contributed by atoms with Crippen molar-refractivity contribution in [1.29, 1.82) is 0 Å². The topological polar surface area (TPSA) is 59.2 Å². The van der Waals surface area contributed by atoms with Gasteiger partial charge in [0.1, 0.15) is 11.3 Å². The van der Waals surface area contributed by atoms with Crippen molar-refractivity contribution in [1.82, 2.24) is 4.98 Å². The molecule has 0 aliphatic rings. The van der Waals surface area contributed by atoms with Crippen LogP contribution in [0, 0.1) is 0 Å². The van der Waals surface area contributed by atoms with E-state index >= 15 is 0 Å². The summed E-state index contributed by atoms with van der Waals surface area (Å²) in [5.74, 6) is -0.468. The van der Waals surface area contributed by atoms with Gasteiger partial charge in [0.15, 0.2) is 6.29 Å². The second-order valence-corrected chi connectivity index (χ2v) is 5.48. The molecule has 0 fully saturated rings. The molecule has 0 radical (unpaired) electrons. The highest BCUT2D eigenvalue weighted by molar-refractivity contribution is 6.01. The molecule has 0 unspecified atom stereocenters. The predicted molar refractivity (Wildman–Crippen MR) is 76.8 cm³/mol. The minimum atomic E-state index is -0.586.